The van der Waals surface area contributed by atoms with E-state index in [0.29, 0.717) is 84.4 Å². The van der Waals surface area contributed by atoms with Gasteiger partial charge in [0.15, 0.2) is 29.6 Å². The zero-order valence-corrected chi connectivity index (χ0v) is 32.0. The van der Waals surface area contributed by atoms with Crippen LogP contribution in [0.1, 0.15) is 81.1 Å². The van der Waals surface area contributed by atoms with Gasteiger partial charge in [-0.1, -0.05) is 32.0 Å². The summed E-state index contributed by atoms with van der Waals surface area (Å²) in [6, 6.07) is 15.7. The number of rotatable bonds is 19. The molecule has 1 heterocycles. The Hall–Kier alpha value is -5.13. The molecule has 0 spiro atoms. The number of carbonyl (C=O) groups is 3. The molecule has 0 aromatic heterocycles. The van der Waals surface area contributed by atoms with Crippen LogP contribution in [-0.4, -0.2) is 84.0 Å². The number of nitrogens with one attached hydrogen (secondary N) is 1. The van der Waals surface area contributed by atoms with Gasteiger partial charge in [-0.15, -0.1) is 0 Å². The molecule has 0 aliphatic carbocycles. The molecule has 2 amide bonds. The second-order valence-electron chi connectivity index (χ2n) is 12.8. The van der Waals surface area contributed by atoms with E-state index in [0.717, 1.165) is 24.8 Å². The molecule has 12 nitrogen and oxygen atoms in total. The number of likely N-dealkylation sites (tertiary alicyclic amines) is 1. The quantitative estimate of drug-likeness (QED) is 0.138. The Labute approximate surface area is 313 Å². The third-order valence-corrected chi connectivity index (χ3v) is 9.43. The predicted octanol–water partition coefficient (Wildman–Crippen LogP) is 6.43. The van der Waals surface area contributed by atoms with E-state index in [1.54, 1.807) is 43.4 Å². The van der Waals surface area contributed by atoms with Crippen molar-refractivity contribution < 1.29 is 47.5 Å². The van der Waals surface area contributed by atoms with Crippen molar-refractivity contribution in [3.05, 3.63) is 71.3 Å². The molecule has 0 saturated carbocycles. The number of methoxy groups -OCH3 is 5. The molecule has 0 unspecified atom stereocenters. The van der Waals surface area contributed by atoms with Gasteiger partial charge in [0.05, 0.1) is 41.5 Å². The van der Waals surface area contributed by atoms with Crippen LogP contribution in [0.4, 0.5) is 0 Å². The van der Waals surface area contributed by atoms with Crippen LogP contribution >= 0.6 is 0 Å². The van der Waals surface area contributed by atoms with Crippen molar-refractivity contribution in [2.24, 2.45) is 0 Å². The highest BCUT2D eigenvalue weighted by atomic mass is 16.5. The van der Waals surface area contributed by atoms with E-state index < -0.39 is 24.0 Å². The topological polar surface area (TPSA) is 131 Å². The smallest absolute Gasteiger partial charge is 0.329 e. The van der Waals surface area contributed by atoms with Crippen LogP contribution in [0, 0.1) is 0 Å². The van der Waals surface area contributed by atoms with Gasteiger partial charge in [-0.3, -0.25) is 9.59 Å². The molecule has 0 radical (unpaired) electrons. The lowest BCUT2D eigenvalue weighted by atomic mass is 9.91. The van der Waals surface area contributed by atoms with E-state index >= 15 is 0 Å². The summed E-state index contributed by atoms with van der Waals surface area (Å²) in [5, 5.41) is 2.81. The standard InChI is InChI=1S/C41H54N2O10/c1-8-20-42-38(44)26-52-30-14-12-13-28(23-30)33(18-16-27-17-19-34(47-3)35(22-27)48-4)53-41(46)32-15-10-11-21-43(32)40(45)31(9-2)29-24-36(49-5)39(51-7)37(25-29)50-6/h12-14,17,19,22-25,31-33H,8-11,15-16,18,20-21,26H2,1-7H3,(H,42,44)/t31-,32-,33+/m0/s1. The molecule has 1 saturated heterocycles. The molecule has 3 atom stereocenters. The number of piperidine rings is 1. The highest BCUT2D eigenvalue weighted by Gasteiger charge is 2.38. The van der Waals surface area contributed by atoms with Crippen LogP contribution in [0.2, 0.25) is 0 Å². The molecule has 12 heteroatoms. The van der Waals surface area contributed by atoms with Crippen LogP contribution in [0.3, 0.4) is 0 Å². The Balaban J connectivity index is 1.60. The van der Waals surface area contributed by atoms with Gasteiger partial charge >= 0.3 is 5.97 Å². The summed E-state index contributed by atoms with van der Waals surface area (Å²) in [5.74, 6) is 1.63. The summed E-state index contributed by atoms with van der Waals surface area (Å²) < 4.78 is 39.7. The molecule has 1 fully saturated rings. The van der Waals surface area contributed by atoms with Gasteiger partial charge in [0.2, 0.25) is 11.7 Å². The lowest BCUT2D eigenvalue weighted by molar-refractivity contribution is -0.162. The first-order valence-electron chi connectivity index (χ1n) is 18.2. The molecule has 3 aromatic rings. The predicted molar refractivity (Wildman–Crippen MR) is 200 cm³/mol. The van der Waals surface area contributed by atoms with E-state index in [-0.39, 0.29) is 18.4 Å². The fraction of sp³-hybridized carbons (Fsp3) is 0.488. The maximum absolute atomic E-state index is 14.3. The normalized spacial score (nSPS) is 15.1. The van der Waals surface area contributed by atoms with Crippen LogP contribution < -0.4 is 33.7 Å². The number of carbonyl (C=O) groups excluding carboxylic acids is 3. The second kappa shape index (κ2) is 20.2. The number of amides is 2. The molecular formula is C41H54N2O10. The zero-order chi connectivity index (χ0) is 38.3. The molecule has 1 aliphatic rings. The third-order valence-electron chi connectivity index (χ3n) is 9.43. The van der Waals surface area contributed by atoms with E-state index in [1.165, 1.54) is 21.3 Å². The molecule has 4 rings (SSSR count). The van der Waals surface area contributed by atoms with Crippen molar-refractivity contribution in [3.8, 4) is 34.5 Å². The molecule has 3 aromatic carbocycles. The van der Waals surface area contributed by atoms with Crippen molar-refractivity contribution in [1.29, 1.82) is 0 Å². The van der Waals surface area contributed by atoms with Gasteiger partial charge in [0.25, 0.3) is 5.91 Å². The number of nitrogens with zero attached hydrogens (tertiary/aromatic N) is 1. The third kappa shape index (κ3) is 10.5. The number of hydrogen-bond donors (Lipinski definition) is 1. The Morgan fingerprint density at radius 3 is 2.17 bits per heavy atom. The first-order valence-corrected chi connectivity index (χ1v) is 18.2. The van der Waals surface area contributed by atoms with Crippen LogP contribution in [0.25, 0.3) is 0 Å². The molecular weight excluding hydrogens is 680 g/mol. The van der Waals surface area contributed by atoms with Gasteiger partial charge in [0.1, 0.15) is 17.9 Å². The van der Waals surface area contributed by atoms with Gasteiger partial charge in [-0.2, -0.15) is 0 Å². The number of esters is 1. The number of hydrogen-bond acceptors (Lipinski definition) is 10. The molecule has 53 heavy (non-hydrogen) atoms. The minimum atomic E-state index is -0.766. The summed E-state index contributed by atoms with van der Waals surface area (Å²) in [6.45, 7) is 4.78. The Kier molecular flexibility index (Phi) is 15.5. The molecule has 1 N–H and O–H groups in total. The zero-order valence-electron chi connectivity index (χ0n) is 32.0. The number of benzene rings is 3. The van der Waals surface area contributed by atoms with Gasteiger partial charge in [0, 0.05) is 13.1 Å². The average Bonchev–Trinajstić information content (AvgIpc) is 3.20. The summed E-state index contributed by atoms with van der Waals surface area (Å²) in [4.78, 5) is 42.5. The highest BCUT2D eigenvalue weighted by Crippen LogP contribution is 2.41. The summed E-state index contributed by atoms with van der Waals surface area (Å²) in [5.41, 5.74) is 2.38. The Morgan fingerprint density at radius 1 is 0.811 bits per heavy atom. The molecule has 288 valence electrons. The van der Waals surface area contributed by atoms with E-state index in [1.807, 2.05) is 44.2 Å². The maximum atomic E-state index is 14.3. The van der Waals surface area contributed by atoms with Gasteiger partial charge in [-0.05, 0) is 98.0 Å². The maximum Gasteiger partial charge on any atom is 0.329 e. The fourth-order valence-electron chi connectivity index (χ4n) is 6.61. The van der Waals surface area contributed by atoms with E-state index in [2.05, 4.69) is 5.32 Å². The Bertz CT molecular complexity index is 1650. The van der Waals surface area contributed by atoms with E-state index in [9.17, 15) is 14.4 Å². The SMILES string of the molecule is CCCNC(=O)COc1cccc([C@@H](CCc2ccc(OC)c(OC)c2)OC(=O)[C@@H]2CCCCN2C(=O)[C@@H](CC)c2cc(OC)c(OC)c(OC)c2)c1. The highest BCUT2D eigenvalue weighted by molar-refractivity contribution is 5.89. The van der Waals surface area contributed by atoms with Gasteiger partial charge < -0.3 is 43.4 Å². The largest absolute Gasteiger partial charge is 0.493 e. The Morgan fingerprint density at radius 2 is 1.53 bits per heavy atom. The summed E-state index contributed by atoms with van der Waals surface area (Å²) in [7, 11) is 7.77. The van der Waals surface area contributed by atoms with Crippen LogP contribution in [-0.2, 0) is 25.5 Å². The van der Waals surface area contributed by atoms with Crippen LogP contribution in [0.5, 0.6) is 34.5 Å². The summed E-state index contributed by atoms with van der Waals surface area (Å²) in [6.07, 6.45) is 3.66. The first-order chi connectivity index (χ1) is 25.7. The van der Waals surface area contributed by atoms with Gasteiger partial charge in [-0.25, -0.2) is 4.79 Å². The van der Waals surface area contributed by atoms with E-state index in [4.69, 9.17) is 33.2 Å². The number of aryl methyl sites for hydroxylation is 1. The lowest BCUT2D eigenvalue weighted by Gasteiger charge is -2.37. The fourth-order valence-corrected chi connectivity index (χ4v) is 6.61. The second-order valence-corrected chi connectivity index (χ2v) is 12.8. The molecule has 0 bridgehead atoms. The average molecular weight is 735 g/mol. The van der Waals surface area contributed by atoms with Crippen molar-refractivity contribution in [3.63, 3.8) is 0 Å². The lowest BCUT2D eigenvalue weighted by Crippen LogP contribution is -2.50. The minimum absolute atomic E-state index is 0.136. The minimum Gasteiger partial charge on any atom is -0.493 e. The van der Waals surface area contributed by atoms with Crippen molar-refractivity contribution >= 4 is 17.8 Å². The van der Waals surface area contributed by atoms with Crippen LogP contribution in [0.15, 0.2) is 54.6 Å². The van der Waals surface area contributed by atoms with Crippen molar-refractivity contribution in [2.75, 3.05) is 55.2 Å². The summed E-state index contributed by atoms with van der Waals surface area (Å²) >= 11 is 0. The van der Waals surface area contributed by atoms with Crippen molar-refractivity contribution in [1.82, 2.24) is 10.2 Å². The molecule has 1 aliphatic heterocycles. The monoisotopic (exact) mass is 734 g/mol. The number of ether oxygens (including phenoxy) is 7. The first kappa shape index (κ1) is 40.6. The van der Waals surface area contributed by atoms with Crippen molar-refractivity contribution in [2.45, 2.75) is 76.9 Å².